The summed E-state index contributed by atoms with van der Waals surface area (Å²) >= 11 is 0. The minimum atomic E-state index is -0.860. The van der Waals surface area contributed by atoms with Crippen LogP contribution in [-0.2, 0) is 9.59 Å². The Bertz CT molecular complexity index is 341. The van der Waals surface area contributed by atoms with Crippen LogP contribution in [0.2, 0.25) is 0 Å². The van der Waals surface area contributed by atoms with E-state index in [1.165, 1.54) is 5.57 Å². The third-order valence-electron chi connectivity index (χ3n) is 3.54. The maximum Gasteiger partial charge on any atom is 0.304 e. The molecule has 3 heteroatoms. The largest absolute Gasteiger partial charge is 0.481 e. The molecule has 0 aromatic heterocycles. The van der Waals surface area contributed by atoms with E-state index in [1.54, 1.807) is 0 Å². The van der Waals surface area contributed by atoms with Crippen molar-refractivity contribution >= 4 is 11.8 Å². The van der Waals surface area contributed by atoms with Gasteiger partial charge < -0.3 is 5.11 Å². The molecule has 82 valence electrons. The summed E-state index contributed by atoms with van der Waals surface area (Å²) in [4.78, 5) is 22.6. The van der Waals surface area contributed by atoms with Crippen LogP contribution < -0.4 is 0 Å². The molecule has 2 aliphatic carbocycles. The van der Waals surface area contributed by atoms with Crippen LogP contribution in [0.15, 0.2) is 11.1 Å². The first kappa shape index (κ1) is 10.4. The number of carbonyl (C=O) groups excluding carboxylic acids is 1. The minimum absolute atomic E-state index is 0.00144. The Balaban J connectivity index is 2.16. The topological polar surface area (TPSA) is 54.4 Å². The molecule has 0 saturated heterocycles. The Hall–Kier alpha value is -1.12. The summed E-state index contributed by atoms with van der Waals surface area (Å²) in [5.41, 5.74) is 2.21. The fourth-order valence-corrected chi connectivity index (χ4v) is 2.86. The zero-order chi connectivity index (χ0) is 11.0. The van der Waals surface area contributed by atoms with Crippen molar-refractivity contribution in [3.8, 4) is 0 Å². The van der Waals surface area contributed by atoms with Crippen molar-refractivity contribution < 1.29 is 14.7 Å². The molecule has 3 nitrogen and oxygen atoms in total. The highest BCUT2D eigenvalue weighted by Gasteiger charge is 2.37. The molecule has 0 heterocycles. The lowest BCUT2D eigenvalue weighted by atomic mass is 9.85. The molecule has 15 heavy (non-hydrogen) atoms. The number of allylic oxidation sites excluding steroid dienone is 2. The molecule has 1 unspecified atom stereocenters. The zero-order valence-electron chi connectivity index (χ0n) is 8.95. The summed E-state index contributed by atoms with van der Waals surface area (Å²) in [6, 6.07) is 0. The SMILES string of the molecule is C[C@H]1CCCC2=C1C(=O)C(CC(=O)O)C2. The predicted molar refractivity (Wildman–Crippen MR) is 55.4 cm³/mol. The summed E-state index contributed by atoms with van der Waals surface area (Å²) in [5, 5.41) is 8.72. The number of Topliss-reactive ketones (excluding diaryl/α,β-unsaturated/α-hetero) is 1. The number of carboxylic acids is 1. The van der Waals surface area contributed by atoms with Gasteiger partial charge in [-0.1, -0.05) is 12.5 Å². The van der Waals surface area contributed by atoms with E-state index >= 15 is 0 Å². The van der Waals surface area contributed by atoms with Crippen LogP contribution in [0, 0.1) is 11.8 Å². The van der Waals surface area contributed by atoms with Gasteiger partial charge in [-0.25, -0.2) is 0 Å². The third kappa shape index (κ3) is 1.83. The first-order valence-electron chi connectivity index (χ1n) is 5.57. The van der Waals surface area contributed by atoms with Crippen LogP contribution >= 0.6 is 0 Å². The molecule has 0 spiro atoms. The lowest BCUT2D eigenvalue weighted by molar-refractivity contribution is -0.139. The van der Waals surface area contributed by atoms with Gasteiger partial charge in [0.1, 0.15) is 0 Å². The van der Waals surface area contributed by atoms with Gasteiger partial charge in [-0.2, -0.15) is 0 Å². The molecule has 2 atom stereocenters. The molecule has 0 aromatic carbocycles. The Morgan fingerprint density at radius 2 is 2.27 bits per heavy atom. The first-order valence-corrected chi connectivity index (χ1v) is 5.57. The predicted octanol–water partition coefficient (Wildman–Crippen LogP) is 2.17. The van der Waals surface area contributed by atoms with Crippen molar-refractivity contribution in [2.24, 2.45) is 11.8 Å². The van der Waals surface area contributed by atoms with E-state index in [9.17, 15) is 9.59 Å². The molecule has 1 N–H and O–H groups in total. The van der Waals surface area contributed by atoms with E-state index in [0.717, 1.165) is 24.8 Å². The number of aliphatic carboxylic acids is 1. The second-order valence-electron chi connectivity index (χ2n) is 4.67. The number of hydrogen-bond donors (Lipinski definition) is 1. The van der Waals surface area contributed by atoms with Gasteiger partial charge in [-0.3, -0.25) is 9.59 Å². The van der Waals surface area contributed by atoms with Gasteiger partial charge in [0.25, 0.3) is 0 Å². The van der Waals surface area contributed by atoms with Crippen molar-refractivity contribution in [2.75, 3.05) is 0 Å². The quantitative estimate of drug-likeness (QED) is 0.756. The molecule has 0 bridgehead atoms. The van der Waals surface area contributed by atoms with Crippen molar-refractivity contribution in [3.05, 3.63) is 11.1 Å². The Morgan fingerprint density at radius 3 is 2.87 bits per heavy atom. The van der Waals surface area contributed by atoms with E-state index in [-0.39, 0.29) is 18.1 Å². The van der Waals surface area contributed by atoms with Gasteiger partial charge in [0.05, 0.1) is 6.42 Å². The van der Waals surface area contributed by atoms with Crippen molar-refractivity contribution in [3.63, 3.8) is 0 Å². The third-order valence-corrected chi connectivity index (χ3v) is 3.54. The monoisotopic (exact) mass is 208 g/mol. The summed E-state index contributed by atoms with van der Waals surface area (Å²) in [6.45, 7) is 2.08. The Kier molecular flexibility index (Phi) is 2.63. The summed E-state index contributed by atoms with van der Waals surface area (Å²) in [6.07, 6.45) is 3.92. The lowest BCUT2D eigenvalue weighted by Crippen LogP contribution is -2.18. The normalized spacial score (nSPS) is 30.6. The maximum atomic E-state index is 12.0. The average molecular weight is 208 g/mol. The van der Waals surface area contributed by atoms with Crippen LogP contribution in [0.3, 0.4) is 0 Å². The second kappa shape index (κ2) is 3.80. The van der Waals surface area contributed by atoms with Crippen molar-refractivity contribution in [2.45, 2.75) is 39.0 Å². The molecule has 0 radical (unpaired) electrons. The number of carbonyl (C=O) groups is 2. The van der Waals surface area contributed by atoms with Gasteiger partial charge in [0.15, 0.2) is 5.78 Å². The van der Waals surface area contributed by atoms with Gasteiger partial charge >= 0.3 is 5.97 Å². The Morgan fingerprint density at radius 1 is 1.53 bits per heavy atom. The molecule has 2 rings (SSSR count). The van der Waals surface area contributed by atoms with Crippen LogP contribution in [0.25, 0.3) is 0 Å². The smallest absolute Gasteiger partial charge is 0.304 e. The summed E-state index contributed by atoms with van der Waals surface area (Å²) in [5.74, 6) is -0.673. The number of hydrogen-bond acceptors (Lipinski definition) is 2. The number of ketones is 1. The zero-order valence-corrected chi connectivity index (χ0v) is 8.95. The van der Waals surface area contributed by atoms with E-state index in [2.05, 4.69) is 6.92 Å². The highest BCUT2D eigenvalue weighted by Crippen LogP contribution is 2.41. The molecule has 0 saturated carbocycles. The first-order chi connectivity index (χ1) is 7.09. The summed E-state index contributed by atoms with van der Waals surface area (Å²) in [7, 11) is 0. The molecule has 0 amide bonds. The fourth-order valence-electron chi connectivity index (χ4n) is 2.86. The minimum Gasteiger partial charge on any atom is -0.481 e. The highest BCUT2D eigenvalue weighted by atomic mass is 16.4. The molecular formula is C12H16O3. The van der Waals surface area contributed by atoms with Crippen LogP contribution in [-0.4, -0.2) is 16.9 Å². The van der Waals surface area contributed by atoms with E-state index in [0.29, 0.717) is 12.3 Å². The molecule has 0 fully saturated rings. The lowest BCUT2D eigenvalue weighted by Gasteiger charge is -2.19. The average Bonchev–Trinajstić information content (AvgIpc) is 2.44. The van der Waals surface area contributed by atoms with E-state index < -0.39 is 5.97 Å². The van der Waals surface area contributed by atoms with Crippen LogP contribution in [0.4, 0.5) is 0 Å². The standard InChI is InChI=1S/C12H16O3/c1-7-3-2-4-8-5-9(6-10(13)14)12(15)11(7)8/h7,9H,2-6H2,1H3,(H,13,14)/t7-,9?/m0/s1. The molecule has 0 aliphatic heterocycles. The number of rotatable bonds is 2. The van der Waals surface area contributed by atoms with Gasteiger partial charge in [-0.15, -0.1) is 0 Å². The van der Waals surface area contributed by atoms with Gasteiger partial charge in [0.2, 0.25) is 0 Å². The molecule has 0 aromatic rings. The second-order valence-corrected chi connectivity index (χ2v) is 4.67. The van der Waals surface area contributed by atoms with E-state index in [1.807, 2.05) is 0 Å². The van der Waals surface area contributed by atoms with Crippen LogP contribution in [0.5, 0.6) is 0 Å². The molecule has 2 aliphatic rings. The fraction of sp³-hybridized carbons (Fsp3) is 0.667. The van der Waals surface area contributed by atoms with Crippen LogP contribution in [0.1, 0.15) is 39.0 Å². The van der Waals surface area contributed by atoms with Crippen molar-refractivity contribution in [1.29, 1.82) is 0 Å². The highest BCUT2D eigenvalue weighted by molar-refractivity contribution is 6.02. The Labute approximate surface area is 89.2 Å². The summed E-state index contributed by atoms with van der Waals surface area (Å²) < 4.78 is 0. The number of carboxylic acid groups (broad SMARTS) is 1. The van der Waals surface area contributed by atoms with Crippen molar-refractivity contribution in [1.82, 2.24) is 0 Å². The maximum absolute atomic E-state index is 12.0. The van der Waals surface area contributed by atoms with Gasteiger partial charge in [0, 0.05) is 5.92 Å². The van der Waals surface area contributed by atoms with E-state index in [4.69, 9.17) is 5.11 Å². The molecular weight excluding hydrogens is 192 g/mol. The van der Waals surface area contributed by atoms with Gasteiger partial charge in [-0.05, 0) is 37.2 Å².